The fourth-order valence-corrected chi connectivity index (χ4v) is 2.68. The molecule has 6 heteroatoms. The molecule has 0 atom stereocenters. The number of nitrogens with zero attached hydrogens (tertiary/aromatic N) is 2. The Balaban J connectivity index is 0.00000364. The van der Waals surface area contributed by atoms with Gasteiger partial charge in [0.25, 0.3) is 0 Å². The highest BCUT2D eigenvalue weighted by molar-refractivity contribution is 14.0. The topological polar surface area (TPSA) is 39.7 Å². The first-order valence-electron chi connectivity index (χ1n) is 9.06. The van der Waals surface area contributed by atoms with E-state index in [0.717, 1.165) is 19.0 Å². The average Bonchev–Trinajstić information content (AvgIpc) is 2.66. The van der Waals surface area contributed by atoms with Crippen LogP contribution in [-0.4, -0.2) is 38.0 Å². The maximum absolute atomic E-state index is 13.6. The molecule has 0 heterocycles. The Morgan fingerprint density at radius 1 is 1.07 bits per heavy atom. The van der Waals surface area contributed by atoms with Crippen LogP contribution in [0.1, 0.15) is 23.6 Å². The van der Waals surface area contributed by atoms with E-state index in [1.165, 1.54) is 17.2 Å². The summed E-state index contributed by atoms with van der Waals surface area (Å²) >= 11 is 0. The molecular weight excluding hydrogens is 454 g/mol. The average molecular weight is 484 g/mol. The Labute approximate surface area is 179 Å². The molecular formula is C21H30FIN4. The summed E-state index contributed by atoms with van der Waals surface area (Å²) in [5.41, 5.74) is 3.23. The van der Waals surface area contributed by atoms with Gasteiger partial charge in [0.15, 0.2) is 5.96 Å². The summed E-state index contributed by atoms with van der Waals surface area (Å²) in [5, 5.41) is 6.55. The smallest absolute Gasteiger partial charge is 0.191 e. The third-order valence-corrected chi connectivity index (χ3v) is 4.31. The van der Waals surface area contributed by atoms with E-state index in [4.69, 9.17) is 0 Å². The summed E-state index contributed by atoms with van der Waals surface area (Å²) in [7, 11) is 3.86. The van der Waals surface area contributed by atoms with Gasteiger partial charge < -0.3 is 15.5 Å². The summed E-state index contributed by atoms with van der Waals surface area (Å²) in [6, 6.07) is 15.4. The van der Waals surface area contributed by atoms with Crippen LogP contribution in [0.3, 0.4) is 0 Å². The van der Waals surface area contributed by atoms with E-state index in [2.05, 4.69) is 58.8 Å². The molecule has 0 saturated heterocycles. The van der Waals surface area contributed by atoms with Crippen molar-refractivity contribution < 1.29 is 4.39 Å². The molecule has 0 saturated carbocycles. The Hall–Kier alpha value is -1.67. The lowest BCUT2D eigenvalue weighted by atomic mass is 10.1. The van der Waals surface area contributed by atoms with Gasteiger partial charge in [-0.25, -0.2) is 4.39 Å². The van der Waals surface area contributed by atoms with Gasteiger partial charge >= 0.3 is 0 Å². The molecule has 0 aliphatic carbocycles. The number of nitrogens with one attached hydrogen (secondary N) is 2. The van der Waals surface area contributed by atoms with Crippen LogP contribution in [0.4, 0.5) is 4.39 Å². The Bertz CT molecular complexity index is 721. The van der Waals surface area contributed by atoms with Crippen molar-refractivity contribution in [3.05, 3.63) is 71.0 Å². The molecule has 0 aliphatic rings. The number of hydrogen-bond donors (Lipinski definition) is 2. The van der Waals surface area contributed by atoms with Crippen LogP contribution in [0.15, 0.2) is 53.5 Å². The van der Waals surface area contributed by atoms with Crippen LogP contribution in [-0.2, 0) is 19.5 Å². The fourth-order valence-electron chi connectivity index (χ4n) is 2.68. The van der Waals surface area contributed by atoms with E-state index in [0.29, 0.717) is 25.1 Å². The maximum Gasteiger partial charge on any atom is 0.191 e. The van der Waals surface area contributed by atoms with E-state index >= 15 is 0 Å². The molecule has 0 bridgehead atoms. The largest absolute Gasteiger partial charge is 0.356 e. The zero-order valence-corrected chi connectivity index (χ0v) is 18.7. The van der Waals surface area contributed by atoms with E-state index in [1.54, 1.807) is 13.1 Å². The predicted molar refractivity (Wildman–Crippen MR) is 122 cm³/mol. The zero-order chi connectivity index (χ0) is 18.8. The molecule has 2 aromatic carbocycles. The lowest BCUT2D eigenvalue weighted by Crippen LogP contribution is -2.37. The first-order chi connectivity index (χ1) is 12.6. The van der Waals surface area contributed by atoms with Crippen LogP contribution in [0.5, 0.6) is 0 Å². The fraction of sp³-hybridized carbons (Fsp3) is 0.381. The molecule has 0 aliphatic heterocycles. The molecule has 2 N–H and O–H groups in total. The summed E-state index contributed by atoms with van der Waals surface area (Å²) in [4.78, 5) is 6.51. The van der Waals surface area contributed by atoms with Gasteiger partial charge in [0.1, 0.15) is 5.82 Å². The van der Waals surface area contributed by atoms with Crippen LogP contribution in [0, 0.1) is 5.82 Å². The molecule has 2 aromatic rings. The minimum atomic E-state index is -0.161. The minimum Gasteiger partial charge on any atom is -0.356 e. The highest BCUT2D eigenvalue weighted by atomic mass is 127. The van der Waals surface area contributed by atoms with Gasteiger partial charge in [-0.1, -0.05) is 49.4 Å². The van der Waals surface area contributed by atoms with Crippen molar-refractivity contribution in [2.45, 2.75) is 26.4 Å². The molecule has 27 heavy (non-hydrogen) atoms. The summed E-state index contributed by atoms with van der Waals surface area (Å²) in [6.45, 7) is 5.45. The molecule has 148 valence electrons. The third kappa shape index (κ3) is 8.26. The van der Waals surface area contributed by atoms with Gasteiger partial charge in [-0.3, -0.25) is 4.99 Å². The first-order valence-corrected chi connectivity index (χ1v) is 9.06. The van der Waals surface area contributed by atoms with Crippen LogP contribution in [0.2, 0.25) is 0 Å². The first kappa shape index (κ1) is 23.4. The monoisotopic (exact) mass is 484 g/mol. The molecule has 4 nitrogen and oxygen atoms in total. The van der Waals surface area contributed by atoms with E-state index in [9.17, 15) is 4.39 Å². The summed E-state index contributed by atoms with van der Waals surface area (Å²) in [6.07, 6.45) is 0.617. The normalized spacial score (nSPS) is 11.2. The van der Waals surface area contributed by atoms with Crippen LogP contribution in [0.25, 0.3) is 0 Å². The van der Waals surface area contributed by atoms with Crippen LogP contribution < -0.4 is 10.6 Å². The van der Waals surface area contributed by atoms with Crippen molar-refractivity contribution >= 4 is 29.9 Å². The van der Waals surface area contributed by atoms with Crippen molar-refractivity contribution in [1.29, 1.82) is 0 Å². The molecule has 0 amide bonds. The van der Waals surface area contributed by atoms with E-state index in [-0.39, 0.29) is 29.8 Å². The molecule has 2 rings (SSSR count). The van der Waals surface area contributed by atoms with E-state index in [1.807, 2.05) is 12.1 Å². The molecule has 0 radical (unpaired) electrons. The number of rotatable bonds is 8. The lowest BCUT2D eigenvalue weighted by molar-refractivity contribution is 0.345. The van der Waals surface area contributed by atoms with Gasteiger partial charge in [0, 0.05) is 26.7 Å². The summed E-state index contributed by atoms with van der Waals surface area (Å²) in [5.74, 6) is 0.559. The van der Waals surface area contributed by atoms with Gasteiger partial charge in [0.2, 0.25) is 0 Å². The number of hydrogen-bond acceptors (Lipinski definition) is 2. The van der Waals surface area contributed by atoms with E-state index < -0.39 is 0 Å². The Morgan fingerprint density at radius 2 is 1.81 bits per heavy atom. The highest BCUT2D eigenvalue weighted by Gasteiger charge is 2.03. The molecule has 0 unspecified atom stereocenters. The van der Waals surface area contributed by atoms with Crippen molar-refractivity contribution in [2.24, 2.45) is 4.99 Å². The third-order valence-electron chi connectivity index (χ3n) is 4.31. The number of guanidine groups is 1. The van der Waals surface area contributed by atoms with Gasteiger partial charge in [-0.2, -0.15) is 0 Å². The quantitative estimate of drug-likeness (QED) is 0.340. The second-order valence-electron chi connectivity index (χ2n) is 6.34. The highest BCUT2D eigenvalue weighted by Crippen LogP contribution is 2.08. The van der Waals surface area contributed by atoms with Crippen molar-refractivity contribution in [3.8, 4) is 0 Å². The molecule has 0 fully saturated rings. The second kappa shape index (κ2) is 12.7. The summed E-state index contributed by atoms with van der Waals surface area (Å²) < 4.78 is 13.6. The Morgan fingerprint density at radius 3 is 2.52 bits per heavy atom. The number of halogens is 2. The van der Waals surface area contributed by atoms with Crippen molar-refractivity contribution in [2.75, 3.05) is 27.2 Å². The SMILES string of the molecule is CCN(C)Cc1cccc(CNC(=NC)NCCc2ccccc2F)c1.I. The zero-order valence-electron chi connectivity index (χ0n) is 16.3. The Kier molecular flexibility index (Phi) is 11.0. The standard InChI is InChI=1S/C21H29FN4.HI/c1-4-26(3)16-18-9-7-8-17(14-18)15-25-21(23-2)24-13-12-19-10-5-6-11-20(19)22;/h5-11,14H,4,12-13,15-16H2,1-3H3,(H2,23,24,25);1H. The number of aliphatic imine (C=N–C) groups is 1. The van der Waals surface area contributed by atoms with Gasteiger partial charge in [0.05, 0.1) is 0 Å². The minimum absolute atomic E-state index is 0. The second-order valence-corrected chi connectivity index (χ2v) is 6.34. The van der Waals surface area contributed by atoms with Gasteiger partial charge in [-0.15, -0.1) is 24.0 Å². The van der Waals surface area contributed by atoms with Crippen molar-refractivity contribution in [3.63, 3.8) is 0 Å². The maximum atomic E-state index is 13.6. The van der Waals surface area contributed by atoms with Crippen LogP contribution >= 0.6 is 24.0 Å². The molecule has 0 spiro atoms. The van der Waals surface area contributed by atoms with Gasteiger partial charge in [-0.05, 0) is 42.8 Å². The molecule has 0 aromatic heterocycles. The number of benzene rings is 2. The van der Waals surface area contributed by atoms with Crippen molar-refractivity contribution in [1.82, 2.24) is 15.5 Å². The predicted octanol–water partition coefficient (Wildman–Crippen LogP) is 3.80. The lowest BCUT2D eigenvalue weighted by Gasteiger charge is -2.15.